The van der Waals surface area contributed by atoms with Crippen molar-refractivity contribution in [2.75, 3.05) is 0 Å². The third-order valence-corrected chi connectivity index (χ3v) is 5.75. The zero-order valence-electron chi connectivity index (χ0n) is 11.9. The molecule has 20 heavy (non-hydrogen) atoms. The molecule has 0 radical (unpaired) electrons. The minimum atomic E-state index is 0.454. The molecule has 106 valence electrons. The maximum atomic E-state index is 3.80. The maximum Gasteiger partial charge on any atom is 0.0388 e. The van der Waals surface area contributed by atoms with Crippen molar-refractivity contribution in [3.63, 3.8) is 0 Å². The van der Waals surface area contributed by atoms with Gasteiger partial charge in [-0.05, 0) is 68.5 Å². The number of aryl methyl sites for hydroxylation is 2. The first-order valence-electron chi connectivity index (χ1n) is 7.21. The van der Waals surface area contributed by atoms with Gasteiger partial charge in [0, 0.05) is 26.3 Å². The highest BCUT2D eigenvalue weighted by Crippen LogP contribution is 2.28. The van der Waals surface area contributed by atoms with Crippen molar-refractivity contribution in [2.45, 2.75) is 45.2 Å². The summed E-state index contributed by atoms with van der Waals surface area (Å²) in [7, 11) is 0. The van der Waals surface area contributed by atoms with E-state index in [2.05, 4.69) is 65.4 Å². The molecule has 3 rings (SSSR count). The van der Waals surface area contributed by atoms with E-state index in [1.54, 1.807) is 0 Å². The molecular weight excluding hydrogens is 330 g/mol. The first-order chi connectivity index (χ1) is 9.61. The van der Waals surface area contributed by atoms with Crippen molar-refractivity contribution >= 4 is 27.3 Å². The molecule has 0 saturated carbocycles. The van der Waals surface area contributed by atoms with E-state index in [-0.39, 0.29) is 0 Å². The predicted octanol–water partition coefficient (Wildman–Crippen LogP) is 5.03. The summed E-state index contributed by atoms with van der Waals surface area (Å²) in [5.74, 6) is 0. The van der Waals surface area contributed by atoms with Gasteiger partial charge in [-0.15, -0.1) is 11.3 Å². The molecule has 0 saturated heterocycles. The molecule has 1 heterocycles. The summed E-state index contributed by atoms with van der Waals surface area (Å²) in [6, 6.07) is 12.2. The molecule has 1 aromatic heterocycles. The van der Waals surface area contributed by atoms with Gasteiger partial charge >= 0.3 is 0 Å². The largest absolute Gasteiger partial charge is 0.306 e. The molecule has 0 spiro atoms. The van der Waals surface area contributed by atoms with E-state index in [1.807, 2.05) is 11.3 Å². The summed E-state index contributed by atoms with van der Waals surface area (Å²) in [5.41, 5.74) is 3.02. The smallest absolute Gasteiger partial charge is 0.0388 e. The van der Waals surface area contributed by atoms with Crippen LogP contribution >= 0.6 is 27.3 Å². The topological polar surface area (TPSA) is 12.0 Å². The number of hydrogen-bond acceptors (Lipinski definition) is 2. The second-order valence-electron chi connectivity index (χ2n) is 5.69. The molecule has 2 atom stereocenters. The Morgan fingerprint density at radius 1 is 1.25 bits per heavy atom. The molecule has 0 amide bonds. The monoisotopic (exact) mass is 349 g/mol. The van der Waals surface area contributed by atoms with Crippen LogP contribution in [0.15, 0.2) is 34.8 Å². The number of nitrogens with one attached hydrogen (secondary N) is 1. The molecule has 2 unspecified atom stereocenters. The molecular formula is C17H20BrNS. The molecule has 3 heteroatoms. The fourth-order valence-corrected chi connectivity index (χ4v) is 4.28. The standard InChI is InChI=1S/C17H20BrNS/c1-11-3-8-17(20-11)12(2)19-16-7-5-13-9-15(18)6-4-14(13)10-16/h3-4,6,8-9,12,16,19H,5,7,10H2,1-2H3. The van der Waals surface area contributed by atoms with Gasteiger partial charge in [-0.1, -0.05) is 22.0 Å². The summed E-state index contributed by atoms with van der Waals surface area (Å²) in [6.45, 7) is 4.46. The first kappa shape index (κ1) is 14.3. The zero-order chi connectivity index (χ0) is 14.1. The van der Waals surface area contributed by atoms with E-state index in [0.717, 1.165) is 6.42 Å². The fraction of sp³-hybridized carbons (Fsp3) is 0.412. The molecule has 1 N–H and O–H groups in total. The average molecular weight is 350 g/mol. The van der Waals surface area contributed by atoms with Gasteiger partial charge in [0.05, 0.1) is 0 Å². The van der Waals surface area contributed by atoms with E-state index >= 15 is 0 Å². The molecule has 1 aromatic carbocycles. The Balaban J connectivity index is 1.67. The van der Waals surface area contributed by atoms with Gasteiger partial charge in [-0.3, -0.25) is 0 Å². The Morgan fingerprint density at radius 3 is 2.85 bits per heavy atom. The Morgan fingerprint density at radius 2 is 2.10 bits per heavy atom. The van der Waals surface area contributed by atoms with Crippen molar-refractivity contribution in [3.05, 3.63) is 55.7 Å². The van der Waals surface area contributed by atoms with Crippen LogP contribution in [0.3, 0.4) is 0 Å². The molecule has 1 aliphatic rings. The first-order valence-corrected chi connectivity index (χ1v) is 8.82. The highest BCUT2D eigenvalue weighted by Gasteiger charge is 2.20. The second kappa shape index (κ2) is 6.00. The Bertz CT molecular complexity index is 605. The summed E-state index contributed by atoms with van der Waals surface area (Å²) in [6.07, 6.45) is 3.57. The van der Waals surface area contributed by atoms with E-state index in [1.165, 1.54) is 38.2 Å². The van der Waals surface area contributed by atoms with E-state index < -0.39 is 0 Å². The second-order valence-corrected chi connectivity index (χ2v) is 7.92. The van der Waals surface area contributed by atoms with E-state index in [0.29, 0.717) is 12.1 Å². The number of benzene rings is 1. The number of fused-ring (bicyclic) bond motifs is 1. The average Bonchev–Trinajstić information content (AvgIpc) is 2.86. The summed E-state index contributed by atoms with van der Waals surface area (Å²) in [4.78, 5) is 2.84. The van der Waals surface area contributed by atoms with Gasteiger partial charge in [0.25, 0.3) is 0 Å². The third-order valence-electron chi connectivity index (χ3n) is 4.07. The van der Waals surface area contributed by atoms with Gasteiger partial charge in [0.15, 0.2) is 0 Å². The molecule has 0 bridgehead atoms. The number of hydrogen-bond donors (Lipinski definition) is 1. The minimum Gasteiger partial charge on any atom is -0.306 e. The minimum absolute atomic E-state index is 0.454. The summed E-state index contributed by atoms with van der Waals surface area (Å²) in [5, 5.41) is 3.80. The highest BCUT2D eigenvalue weighted by atomic mass is 79.9. The van der Waals surface area contributed by atoms with Crippen LogP contribution in [0.1, 0.15) is 40.3 Å². The van der Waals surface area contributed by atoms with Crippen molar-refractivity contribution < 1.29 is 0 Å². The lowest BCUT2D eigenvalue weighted by Gasteiger charge is -2.28. The Hall–Kier alpha value is -0.640. The lowest BCUT2D eigenvalue weighted by atomic mass is 9.88. The normalized spacial score (nSPS) is 19.6. The van der Waals surface area contributed by atoms with Crippen LogP contribution in [-0.4, -0.2) is 6.04 Å². The number of halogens is 1. The van der Waals surface area contributed by atoms with Crippen LogP contribution in [-0.2, 0) is 12.8 Å². The van der Waals surface area contributed by atoms with Gasteiger partial charge in [0.2, 0.25) is 0 Å². The predicted molar refractivity (Wildman–Crippen MR) is 90.6 cm³/mol. The van der Waals surface area contributed by atoms with Crippen molar-refractivity contribution in [2.24, 2.45) is 0 Å². The van der Waals surface area contributed by atoms with Gasteiger partial charge in [-0.25, -0.2) is 0 Å². The Labute approximate surface area is 133 Å². The summed E-state index contributed by atoms with van der Waals surface area (Å²) >= 11 is 5.47. The van der Waals surface area contributed by atoms with Crippen LogP contribution in [0.2, 0.25) is 0 Å². The van der Waals surface area contributed by atoms with Crippen LogP contribution < -0.4 is 5.32 Å². The van der Waals surface area contributed by atoms with Gasteiger partial charge < -0.3 is 5.32 Å². The molecule has 2 aromatic rings. The third kappa shape index (κ3) is 3.16. The van der Waals surface area contributed by atoms with E-state index in [9.17, 15) is 0 Å². The molecule has 1 nitrogen and oxygen atoms in total. The summed E-state index contributed by atoms with van der Waals surface area (Å²) < 4.78 is 1.20. The van der Waals surface area contributed by atoms with Crippen molar-refractivity contribution in [1.82, 2.24) is 5.32 Å². The van der Waals surface area contributed by atoms with Crippen LogP contribution in [0.25, 0.3) is 0 Å². The maximum absolute atomic E-state index is 3.80. The zero-order valence-corrected chi connectivity index (χ0v) is 14.4. The van der Waals surface area contributed by atoms with Crippen molar-refractivity contribution in [3.8, 4) is 0 Å². The van der Waals surface area contributed by atoms with Crippen LogP contribution in [0.4, 0.5) is 0 Å². The van der Waals surface area contributed by atoms with Crippen molar-refractivity contribution in [1.29, 1.82) is 0 Å². The number of thiophene rings is 1. The molecule has 0 fully saturated rings. The fourth-order valence-electron chi connectivity index (χ4n) is 2.99. The van der Waals surface area contributed by atoms with Crippen LogP contribution in [0, 0.1) is 6.92 Å². The lowest BCUT2D eigenvalue weighted by Crippen LogP contribution is -2.36. The SMILES string of the molecule is Cc1ccc(C(C)NC2CCc3cc(Br)ccc3C2)s1. The number of rotatable bonds is 3. The van der Waals surface area contributed by atoms with Gasteiger partial charge in [-0.2, -0.15) is 0 Å². The van der Waals surface area contributed by atoms with Gasteiger partial charge in [0.1, 0.15) is 0 Å². The van der Waals surface area contributed by atoms with Crippen LogP contribution in [0.5, 0.6) is 0 Å². The highest BCUT2D eigenvalue weighted by molar-refractivity contribution is 9.10. The Kier molecular flexibility index (Phi) is 4.29. The molecule has 1 aliphatic carbocycles. The quantitative estimate of drug-likeness (QED) is 0.819. The lowest BCUT2D eigenvalue weighted by molar-refractivity contribution is 0.416. The van der Waals surface area contributed by atoms with E-state index in [4.69, 9.17) is 0 Å². The molecule has 0 aliphatic heterocycles.